The quantitative estimate of drug-likeness (QED) is 0.916. The van der Waals surface area contributed by atoms with Gasteiger partial charge in [0.25, 0.3) is 0 Å². The fraction of sp³-hybridized carbons (Fsp3) is 0.550. The van der Waals surface area contributed by atoms with E-state index in [1.54, 1.807) is 0 Å². The highest BCUT2D eigenvalue weighted by Gasteiger charge is 2.23. The van der Waals surface area contributed by atoms with Crippen LogP contribution < -0.4 is 4.90 Å². The minimum absolute atomic E-state index is 0.625. The normalized spacial score (nSPS) is 16.8. The molecule has 1 fully saturated rings. The number of para-hydroxylation sites is 1. The molecule has 1 aromatic heterocycles. The summed E-state index contributed by atoms with van der Waals surface area (Å²) < 4.78 is 0. The summed E-state index contributed by atoms with van der Waals surface area (Å²) in [5, 5.41) is 11.3. The van der Waals surface area contributed by atoms with Gasteiger partial charge in [-0.2, -0.15) is 0 Å². The van der Waals surface area contributed by atoms with Crippen LogP contribution in [0.15, 0.2) is 30.3 Å². The van der Waals surface area contributed by atoms with Crippen LogP contribution in [0.3, 0.4) is 0 Å². The Morgan fingerprint density at radius 3 is 2.50 bits per heavy atom. The molecule has 130 valence electrons. The van der Waals surface area contributed by atoms with Gasteiger partial charge in [0.2, 0.25) is 0 Å². The largest absolute Gasteiger partial charge is 0.389 e. The van der Waals surface area contributed by atoms with Crippen LogP contribution in [-0.2, 0) is 6.42 Å². The second-order valence-corrected chi connectivity index (χ2v) is 7.48. The zero-order valence-corrected chi connectivity index (χ0v) is 15.1. The summed E-state index contributed by atoms with van der Waals surface area (Å²) in [4.78, 5) is 9.64. The smallest absolute Gasteiger partial charge is 0.0726 e. The Bertz CT molecular complexity index is 685. The Kier molecular flexibility index (Phi) is 5.07. The fourth-order valence-corrected chi connectivity index (χ4v) is 3.55. The Labute approximate surface area is 145 Å². The molecule has 1 aromatic carbocycles. The molecule has 1 N–H and O–H groups in total. The molecule has 0 bridgehead atoms. The van der Waals surface area contributed by atoms with E-state index in [2.05, 4.69) is 47.1 Å². The van der Waals surface area contributed by atoms with E-state index in [0.717, 1.165) is 51.1 Å². The molecule has 3 rings (SSSR count). The maximum atomic E-state index is 10.0. The van der Waals surface area contributed by atoms with Gasteiger partial charge in [-0.25, -0.2) is 0 Å². The first kappa shape index (κ1) is 17.2. The summed E-state index contributed by atoms with van der Waals surface area (Å²) in [5.74, 6) is 0. The van der Waals surface area contributed by atoms with Crippen molar-refractivity contribution in [3.05, 3.63) is 36.0 Å². The molecule has 4 heteroatoms. The average Bonchev–Trinajstić information content (AvgIpc) is 2.54. The van der Waals surface area contributed by atoms with Crippen molar-refractivity contribution in [2.75, 3.05) is 37.6 Å². The van der Waals surface area contributed by atoms with Crippen LogP contribution in [-0.4, -0.2) is 53.3 Å². The van der Waals surface area contributed by atoms with Crippen molar-refractivity contribution >= 4 is 16.6 Å². The van der Waals surface area contributed by atoms with Gasteiger partial charge in [-0.05, 0) is 32.4 Å². The minimum Gasteiger partial charge on any atom is -0.389 e. The van der Waals surface area contributed by atoms with Crippen molar-refractivity contribution in [1.29, 1.82) is 0 Å². The topological polar surface area (TPSA) is 39.6 Å². The van der Waals surface area contributed by atoms with Crippen molar-refractivity contribution in [2.45, 2.75) is 39.2 Å². The lowest BCUT2D eigenvalue weighted by Crippen LogP contribution is -2.50. The molecule has 4 nitrogen and oxygen atoms in total. The van der Waals surface area contributed by atoms with Crippen LogP contribution in [0.25, 0.3) is 10.9 Å². The van der Waals surface area contributed by atoms with Gasteiger partial charge >= 0.3 is 0 Å². The fourth-order valence-electron chi connectivity index (χ4n) is 3.55. The molecule has 1 aliphatic rings. The average molecular weight is 327 g/mol. The van der Waals surface area contributed by atoms with Gasteiger partial charge in [0.1, 0.15) is 0 Å². The first-order chi connectivity index (χ1) is 11.5. The second-order valence-electron chi connectivity index (χ2n) is 7.48. The minimum atomic E-state index is -0.625. The van der Waals surface area contributed by atoms with E-state index in [-0.39, 0.29) is 0 Å². The van der Waals surface area contributed by atoms with Gasteiger partial charge in [0, 0.05) is 49.5 Å². The van der Waals surface area contributed by atoms with Gasteiger partial charge in [-0.1, -0.05) is 31.5 Å². The van der Waals surface area contributed by atoms with Gasteiger partial charge in [0.05, 0.1) is 11.1 Å². The number of hydrogen-bond acceptors (Lipinski definition) is 4. The van der Waals surface area contributed by atoms with Crippen LogP contribution in [0, 0.1) is 0 Å². The van der Waals surface area contributed by atoms with Crippen LogP contribution in [0.4, 0.5) is 5.69 Å². The Morgan fingerprint density at radius 2 is 1.83 bits per heavy atom. The zero-order valence-electron chi connectivity index (χ0n) is 15.1. The number of nitrogens with zero attached hydrogens (tertiary/aromatic N) is 3. The van der Waals surface area contributed by atoms with Crippen molar-refractivity contribution < 1.29 is 5.11 Å². The molecule has 1 aliphatic heterocycles. The third-order valence-corrected chi connectivity index (χ3v) is 4.58. The van der Waals surface area contributed by atoms with E-state index in [1.165, 1.54) is 16.8 Å². The summed E-state index contributed by atoms with van der Waals surface area (Å²) in [5.41, 5.74) is 2.97. The summed E-state index contributed by atoms with van der Waals surface area (Å²) in [7, 11) is 0. The standard InChI is InChI=1S/C20H29N3O/c1-4-7-16-14-19(17-8-5-6-9-18(17)21-16)23-12-10-22(11-13-23)15-20(2,3)24/h5-6,8-9,14,24H,4,7,10-13,15H2,1-3H3. The first-order valence-electron chi connectivity index (χ1n) is 9.04. The highest BCUT2D eigenvalue weighted by Crippen LogP contribution is 2.28. The molecular formula is C20H29N3O. The van der Waals surface area contributed by atoms with E-state index >= 15 is 0 Å². The van der Waals surface area contributed by atoms with Gasteiger partial charge in [-0.3, -0.25) is 9.88 Å². The van der Waals surface area contributed by atoms with Gasteiger partial charge < -0.3 is 10.0 Å². The molecule has 0 spiro atoms. The van der Waals surface area contributed by atoms with E-state index in [9.17, 15) is 5.11 Å². The van der Waals surface area contributed by atoms with Crippen molar-refractivity contribution in [3.8, 4) is 0 Å². The molecule has 0 atom stereocenters. The molecule has 0 aliphatic carbocycles. The number of aromatic nitrogens is 1. The van der Waals surface area contributed by atoms with Gasteiger partial charge in [0.15, 0.2) is 0 Å². The summed E-state index contributed by atoms with van der Waals surface area (Å²) >= 11 is 0. The molecule has 0 amide bonds. The Balaban J connectivity index is 1.82. The van der Waals surface area contributed by atoms with Crippen molar-refractivity contribution in [2.24, 2.45) is 0 Å². The summed E-state index contributed by atoms with van der Waals surface area (Å²) in [6, 6.07) is 10.7. The van der Waals surface area contributed by atoms with E-state index in [0.29, 0.717) is 0 Å². The van der Waals surface area contributed by atoms with Crippen LogP contribution in [0.5, 0.6) is 0 Å². The summed E-state index contributed by atoms with van der Waals surface area (Å²) in [6.07, 6.45) is 2.14. The Morgan fingerprint density at radius 1 is 1.12 bits per heavy atom. The maximum absolute atomic E-state index is 10.0. The van der Waals surface area contributed by atoms with Crippen molar-refractivity contribution in [1.82, 2.24) is 9.88 Å². The molecule has 2 aromatic rings. The predicted molar refractivity (Wildman–Crippen MR) is 101 cm³/mol. The lowest BCUT2D eigenvalue weighted by molar-refractivity contribution is 0.0345. The number of hydrogen-bond donors (Lipinski definition) is 1. The number of rotatable bonds is 5. The zero-order chi connectivity index (χ0) is 17.2. The monoisotopic (exact) mass is 327 g/mol. The third-order valence-electron chi connectivity index (χ3n) is 4.58. The molecular weight excluding hydrogens is 298 g/mol. The second kappa shape index (κ2) is 7.08. The third kappa shape index (κ3) is 4.05. The van der Waals surface area contributed by atoms with Crippen molar-refractivity contribution in [3.63, 3.8) is 0 Å². The number of anilines is 1. The lowest BCUT2D eigenvalue weighted by atomic mass is 10.1. The Hall–Kier alpha value is -1.65. The van der Waals surface area contributed by atoms with Gasteiger partial charge in [-0.15, -0.1) is 0 Å². The SMILES string of the molecule is CCCc1cc(N2CCN(CC(C)(C)O)CC2)c2ccccc2n1. The number of fused-ring (bicyclic) bond motifs is 1. The number of benzene rings is 1. The highest BCUT2D eigenvalue weighted by atomic mass is 16.3. The lowest BCUT2D eigenvalue weighted by Gasteiger charge is -2.38. The molecule has 0 unspecified atom stereocenters. The number of aliphatic hydroxyl groups is 1. The summed E-state index contributed by atoms with van der Waals surface area (Å²) in [6.45, 7) is 10.7. The molecule has 0 radical (unpaired) electrons. The van der Waals surface area contributed by atoms with E-state index in [4.69, 9.17) is 4.98 Å². The van der Waals surface area contributed by atoms with Crippen LogP contribution in [0.2, 0.25) is 0 Å². The predicted octanol–water partition coefficient (Wildman–Crippen LogP) is 3.08. The number of aryl methyl sites for hydroxylation is 1. The van der Waals surface area contributed by atoms with E-state index < -0.39 is 5.60 Å². The number of pyridine rings is 1. The molecule has 0 saturated carbocycles. The first-order valence-corrected chi connectivity index (χ1v) is 9.04. The number of piperazine rings is 1. The highest BCUT2D eigenvalue weighted by molar-refractivity contribution is 5.92. The number of β-amino-alcohol motifs (C(OH)–C–C–N with tert-alkyl or cyclic N) is 1. The van der Waals surface area contributed by atoms with E-state index in [1.807, 2.05) is 13.8 Å². The van der Waals surface area contributed by atoms with Crippen LogP contribution in [0.1, 0.15) is 32.9 Å². The molecule has 24 heavy (non-hydrogen) atoms. The van der Waals surface area contributed by atoms with Crippen LogP contribution >= 0.6 is 0 Å². The maximum Gasteiger partial charge on any atom is 0.0726 e. The molecule has 1 saturated heterocycles. The molecule has 2 heterocycles.